The minimum absolute atomic E-state index is 0.840. The van der Waals surface area contributed by atoms with Gasteiger partial charge in [-0.2, -0.15) is 0 Å². The molecule has 2 rings (SSSR count). The average molecular weight is 312 g/mol. The topological polar surface area (TPSA) is 32.6 Å². The lowest BCUT2D eigenvalue weighted by atomic mass is 10.1. The summed E-state index contributed by atoms with van der Waals surface area (Å²) in [6.07, 6.45) is 3.07. The van der Waals surface area contributed by atoms with Crippen molar-refractivity contribution in [3.63, 3.8) is 0 Å². The van der Waals surface area contributed by atoms with Crippen molar-refractivity contribution in [3.05, 3.63) is 58.9 Å². The molecule has 1 aromatic carbocycles. The molecule has 1 aromatic heterocycles. The van der Waals surface area contributed by atoms with Crippen LogP contribution < -0.4 is 5.32 Å². The van der Waals surface area contributed by atoms with Gasteiger partial charge < -0.3 is 14.8 Å². The summed E-state index contributed by atoms with van der Waals surface area (Å²) in [5.41, 5.74) is 5.29. The highest BCUT2D eigenvalue weighted by molar-refractivity contribution is 5.79. The highest BCUT2D eigenvalue weighted by Crippen LogP contribution is 2.09. The molecule has 1 N–H and O–H groups in total. The maximum Gasteiger partial charge on any atom is 0.193 e. The lowest BCUT2D eigenvalue weighted by Gasteiger charge is -2.22. The van der Waals surface area contributed by atoms with Crippen molar-refractivity contribution in [3.8, 4) is 0 Å². The number of guanidine groups is 1. The van der Waals surface area contributed by atoms with Gasteiger partial charge in [0.25, 0.3) is 0 Å². The fourth-order valence-electron chi connectivity index (χ4n) is 2.90. The van der Waals surface area contributed by atoms with Crippen LogP contribution in [0.4, 0.5) is 0 Å². The number of nitrogens with zero attached hydrogens (tertiary/aromatic N) is 3. The first-order valence-electron chi connectivity index (χ1n) is 8.08. The molecular formula is C19H28N4. The number of rotatable bonds is 5. The van der Waals surface area contributed by atoms with Crippen LogP contribution in [0.5, 0.6) is 0 Å². The standard InChI is InChI=1S/C19H28N4/c1-15-11-16(2)13-17(12-15)8-9-21-19(20-3)23(5)14-18-7-6-10-22(18)4/h6-7,10-13H,8-9,14H2,1-5H3,(H,20,21). The molecule has 0 bridgehead atoms. The van der Waals surface area contributed by atoms with Gasteiger partial charge in [-0.25, -0.2) is 0 Å². The molecule has 0 aliphatic carbocycles. The number of aromatic nitrogens is 1. The zero-order chi connectivity index (χ0) is 16.8. The molecule has 0 fully saturated rings. The number of aliphatic imine (C=N–C) groups is 1. The predicted octanol–water partition coefficient (Wildman–Crippen LogP) is 2.89. The molecule has 2 aromatic rings. The minimum Gasteiger partial charge on any atom is -0.356 e. The van der Waals surface area contributed by atoms with Crippen LogP contribution in [0.25, 0.3) is 0 Å². The Bertz CT molecular complexity index is 650. The van der Waals surface area contributed by atoms with E-state index in [1.54, 1.807) is 0 Å². The molecule has 0 amide bonds. The van der Waals surface area contributed by atoms with E-state index in [1.165, 1.54) is 22.4 Å². The summed E-state index contributed by atoms with van der Waals surface area (Å²) in [5, 5.41) is 3.46. The zero-order valence-corrected chi connectivity index (χ0v) is 14.9. The van der Waals surface area contributed by atoms with Crippen LogP contribution in [-0.2, 0) is 20.0 Å². The van der Waals surface area contributed by atoms with Crippen molar-refractivity contribution in [1.82, 2.24) is 14.8 Å². The fourth-order valence-corrected chi connectivity index (χ4v) is 2.90. The molecule has 0 radical (unpaired) electrons. The number of nitrogens with one attached hydrogen (secondary N) is 1. The van der Waals surface area contributed by atoms with Gasteiger partial charge in [-0.15, -0.1) is 0 Å². The molecule has 124 valence electrons. The van der Waals surface area contributed by atoms with E-state index >= 15 is 0 Å². The van der Waals surface area contributed by atoms with Gasteiger partial charge in [0.1, 0.15) is 0 Å². The van der Waals surface area contributed by atoms with Crippen molar-refractivity contribution in [1.29, 1.82) is 0 Å². The van der Waals surface area contributed by atoms with Crippen LogP contribution in [-0.4, -0.2) is 36.1 Å². The van der Waals surface area contributed by atoms with Gasteiger partial charge in [0, 0.05) is 39.6 Å². The second-order valence-corrected chi connectivity index (χ2v) is 6.19. The Balaban J connectivity index is 1.88. The number of hydrogen-bond donors (Lipinski definition) is 1. The van der Waals surface area contributed by atoms with Crippen molar-refractivity contribution in [2.24, 2.45) is 12.0 Å². The van der Waals surface area contributed by atoms with Gasteiger partial charge in [0.2, 0.25) is 0 Å². The lowest BCUT2D eigenvalue weighted by Crippen LogP contribution is -2.39. The summed E-state index contributed by atoms with van der Waals surface area (Å²) in [6, 6.07) is 10.9. The summed E-state index contributed by atoms with van der Waals surface area (Å²) >= 11 is 0. The normalized spacial score (nSPS) is 11.6. The van der Waals surface area contributed by atoms with Crippen molar-refractivity contribution in [2.75, 3.05) is 20.6 Å². The van der Waals surface area contributed by atoms with Gasteiger partial charge >= 0.3 is 0 Å². The van der Waals surface area contributed by atoms with Crippen LogP contribution in [0.1, 0.15) is 22.4 Å². The molecular weight excluding hydrogens is 284 g/mol. The SMILES string of the molecule is CN=C(NCCc1cc(C)cc(C)c1)N(C)Cc1cccn1C. The molecule has 0 aliphatic heterocycles. The molecule has 1 heterocycles. The van der Waals surface area contributed by atoms with E-state index in [-0.39, 0.29) is 0 Å². The molecule has 0 spiro atoms. The van der Waals surface area contributed by atoms with Crippen LogP contribution in [0, 0.1) is 13.8 Å². The minimum atomic E-state index is 0.840. The average Bonchev–Trinajstić information content (AvgIpc) is 2.88. The summed E-state index contributed by atoms with van der Waals surface area (Å²) in [4.78, 5) is 6.54. The van der Waals surface area contributed by atoms with Crippen molar-refractivity contribution >= 4 is 5.96 Å². The van der Waals surface area contributed by atoms with Gasteiger partial charge in [-0.05, 0) is 38.0 Å². The van der Waals surface area contributed by atoms with Crippen LogP contribution in [0.2, 0.25) is 0 Å². The first-order valence-corrected chi connectivity index (χ1v) is 8.08. The number of hydrogen-bond acceptors (Lipinski definition) is 1. The molecule has 4 nitrogen and oxygen atoms in total. The fraction of sp³-hybridized carbons (Fsp3) is 0.421. The highest BCUT2D eigenvalue weighted by Gasteiger charge is 2.08. The zero-order valence-electron chi connectivity index (χ0n) is 14.9. The van der Waals surface area contributed by atoms with E-state index in [4.69, 9.17) is 0 Å². The molecule has 0 saturated heterocycles. The second-order valence-electron chi connectivity index (χ2n) is 6.19. The first-order chi connectivity index (χ1) is 11.0. The molecule has 0 unspecified atom stereocenters. The summed E-state index contributed by atoms with van der Waals surface area (Å²) < 4.78 is 2.14. The summed E-state index contributed by atoms with van der Waals surface area (Å²) in [7, 11) is 5.97. The van der Waals surface area contributed by atoms with E-state index in [2.05, 4.69) is 84.2 Å². The largest absolute Gasteiger partial charge is 0.356 e. The maximum atomic E-state index is 4.39. The molecule has 0 atom stereocenters. The second kappa shape index (κ2) is 7.86. The third kappa shape index (κ3) is 4.88. The summed E-state index contributed by atoms with van der Waals surface area (Å²) in [5.74, 6) is 0.926. The van der Waals surface area contributed by atoms with Crippen LogP contribution in [0.3, 0.4) is 0 Å². The van der Waals surface area contributed by atoms with Crippen LogP contribution in [0.15, 0.2) is 41.5 Å². The van der Waals surface area contributed by atoms with Crippen LogP contribution >= 0.6 is 0 Å². The Labute approximate surface area is 139 Å². The Hall–Kier alpha value is -2.23. The van der Waals surface area contributed by atoms with Gasteiger partial charge in [0.15, 0.2) is 5.96 Å². The first kappa shape index (κ1) is 17.1. The monoisotopic (exact) mass is 312 g/mol. The third-order valence-electron chi connectivity index (χ3n) is 4.00. The Morgan fingerprint density at radius 2 is 1.91 bits per heavy atom. The Morgan fingerprint density at radius 1 is 1.22 bits per heavy atom. The molecule has 0 saturated carbocycles. The third-order valence-corrected chi connectivity index (χ3v) is 4.00. The van der Waals surface area contributed by atoms with Gasteiger partial charge in [-0.3, -0.25) is 4.99 Å². The van der Waals surface area contributed by atoms with E-state index in [0.29, 0.717) is 0 Å². The quantitative estimate of drug-likeness (QED) is 0.680. The van der Waals surface area contributed by atoms with Gasteiger partial charge in [0.05, 0.1) is 6.54 Å². The molecule has 23 heavy (non-hydrogen) atoms. The Morgan fingerprint density at radius 3 is 2.48 bits per heavy atom. The Kier molecular flexibility index (Phi) is 5.85. The van der Waals surface area contributed by atoms with Crippen molar-refractivity contribution < 1.29 is 0 Å². The number of aryl methyl sites for hydroxylation is 3. The van der Waals surface area contributed by atoms with E-state index in [0.717, 1.165) is 25.5 Å². The molecule has 0 aliphatic rings. The van der Waals surface area contributed by atoms with E-state index < -0.39 is 0 Å². The van der Waals surface area contributed by atoms with Gasteiger partial charge in [-0.1, -0.05) is 29.3 Å². The number of benzene rings is 1. The van der Waals surface area contributed by atoms with Crippen molar-refractivity contribution in [2.45, 2.75) is 26.8 Å². The molecule has 4 heteroatoms. The smallest absolute Gasteiger partial charge is 0.193 e. The summed E-state index contributed by atoms with van der Waals surface area (Å²) in [6.45, 7) is 6.02. The van der Waals surface area contributed by atoms with E-state index in [1.807, 2.05) is 7.05 Å². The van der Waals surface area contributed by atoms with E-state index in [9.17, 15) is 0 Å². The highest BCUT2D eigenvalue weighted by atomic mass is 15.3. The maximum absolute atomic E-state index is 4.39. The lowest BCUT2D eigenvalue weighted by molar-refractivity contribution is 0.462. The predicted molar refractivity (Wildman–Crippen MR) is 97.9 cm³/mol.